The summed E-state index contributed by atoms with van der Waals surface area (Å²) in [6.45, 7) is 0.678. The fourth-order valence-corrected chi connectivity index (χ4v) is 2.23. The van der Waals surface area contributed by atoms with Gasteiger partial charge in [0.15, 0.2) is 0 Å². The normalized spacial score (nSPS) is 9.73. The number of hydrogen-bond donors (Lipinski definition) is 3. The first-order valence-electron chi connectivity index (χ1n) is 7.57. The number of ether oxygens (including phenoxy) is 1. The molecule has 0 saturated carbocycles. The molecule has 2 aromatic rings. The molecule has 0 aliphatic carbocycles. The number of nitriles is 1. The molecule has 0 atom stereocenters. The van der Waals surface area contributed by atoms with Crippen LogP contribution in [0.15, 0.2) is 36.5 Å². The highest BCUT2D eigenvalue weighted by atomic mass is 35.5. The zero-order valence-electron chi connectivity index (χ0n) is 13.9. The van der Waals surface area contributed by atoms with Crippen LogP contribution in [0.25, 0.3) is 0 Å². The molecule has 1 aromatic heterocycles. The molecule has 134 valence electrons. The number of amides is 2. The van der Waals surface area contributed by atoms with Crippen LogP contribution in [0, 0.1) is 11.3 Å². The second kappa shape index (κ2) is 9.25. The van der Waals surface area contributed by atoms with Crippen LogP contribution in [0.1, 0.15) is 15.9 Å². The Morgan fingerprint density at radius 1 is 1.31 bits per heavy atom. The number of methoxy groups -OCH3 is 1. The summed E-state index contributed by atoms with van der Waals surface area (Å²) in [5, 5.41) is 17.4. The Labute approximate surface area is 155 Å². The number of halogens is 1. The van der Waals surface area contributed by atoms with Gasteiger partial charge in [-0.15, -0.1) is 0 Å². The summed E-state index contributed by atoms with van der Waals surface area (Å²) < 4.78 is 4.63. The maximum absolute atomic E-state index is 11.9. The van der Waals surface area contributed by atoms with E-state index >= 15 is 0 Å². The van der Waals surface area contributed by atoms with Crippen molar-refractivity contribution in [2.45, 2.75) is 0 Å². The lowest BCUT2D eigenvalue weighted by molar-refractivity contribution is 0.0601. The van der Waals surface area contributed by atoms with Crippen molar-refractivity contribution in [2.75, 3.05) is 30.8 Å². The third-order valence-corrected chi connectivity index (χ3v) is 3.59. The monoisotopic (exact) mass is 373 g/mol. The SMILES string of the molecule is COC(=O)c1cc(NC(=O)NCCNc2ncccc2C#N)ccc1Cl. The van der Waals surface area contributed by atoms with E-state index < -0.39 is 12.0 Å². The molecule has 8 nitrogen and oxygen atoms in total. The Bertz CT molecular complexity index is 851. The van der Waals surface area contributed by atoms with Crippen molar-refractivity contribution < 1.29 is 14.3 Å². The second-order valence-electron chi connectivity index (χ2n) is 5.01. The molecule has 0 unspecified atom stereocenters. The number of anilines is 2. The van der Waals surface area contributed by atoms with E-state index in [1.807, 2.05) is 6.07 Å². The van der Waals surface area contributed by atoms with Crippen molar-refractivity contribution in [1.82, 2.24) is 10.3 Å². The lowest BCUT2D eigenvalue weighted by Crippen LogP contribution is -2.32. The van der Waals surface area contributed by atoms with Crippen LogP contribution in [0.2, 0.25) is 5.02 Å². The number of esters is 1. The van der Waals surface area contributed by atoms with Gasteiger partial charge in [-0.2, -0.15) is 5.26 Å². The Balaban J connectivity index is 1.84. The number of nitrogens with one attached hydrogen (secondary N) is 3. The van der Waals surface area contributed by atoms with Gasteiger partial charge in [0.05, 0.1) is 23.3 Å². The first kappa shape index (κ1) is 19.0. The van der Waals surface area contributed by atoms with Gasteiger partial charge in [-0.25, -0.2) is 14.6 Å². The van der Waals surface area contributed by atoms with E-state index in [1.54, 1.807) is 24.4 Å². The zero-order chi connectivity index (χ0) is 18.9. The Kier molecular flexibility index (Phi) is 6.76. The van der Waals surface area contributed by atoms with Crippen molar-refractivity contribution in [1.29, 1.82) is 5.26 Å². The number of rotatable bonds is 6. The molecule has 0 radical (unpaired) electrons. The number of hydrogen-bond acceptors (Lipinski definition) is 6. The standard InChI is InChI=1S/C17H16ClN5O3/c1-26-16(24)13-9-12(4-5-14(13)18)23-17(25)22-8-7-21-15-11(10-19)3-2-6-20-15/h2-6,9H,7-8H2,1H3,(H,20,21)(H2,22,23,25). The predicted molar refractivity (Wildman–Crippen MR) is 97.3 cm³/mol. The van der Waals surface area contributed by atoms with Crippen LogP contribution in [-0.4, -0.2) is 37.2 Å². The molecule has 0 spiro atoms. The lowest BCUT2D eigenvalue weighted by atomic mass is 10.2. The summed E-state index contributed by atoms with van der Waals surface area (Å²) in [6, 6.07) is 9.39. The molecule has 0 saturated heterocycles. The Morgan fingerprint density at radius 3 is 2.85 bits per heavy atom. The van der Waals surface area contributed by atoms with Crippen molar-refractivity contribution in [3.63, 3.8) is 0 Å². The topological polar surface area (TPSA) is 116 Å². The molecule has 0 bridgehead atoms. The number of urea groups is 1. The number of aromatic nitrogens is 1. The van der Waals surface area contributed by atoms with Crippen LogP contribution in [0.3, 0.4) is 0 Å². The maximum atomic E-state index is 11.9. The van der Waals surface area contributed by atoms with E-state index in [0.717, 1.165) is 0 Å². The van der Waals surface area contributed by atoms with Crippen LogP contribution in [0.4, 0.5) is 16.3 Å². The lowest BCUT2D eigenvalue weighted by Gasteiger charge is -2.10. The van der Waals surface area contributed by atoms with Crippen molar-refractivity contribution in [3.8, 4) is 6.07 Å². The van der Waals surface area contributed by atoms with Gasteiger partial charge in [0.25, 0.3) is 0 Å². The minimum atomic E-state index is -0.591. The first-order chi connectivity index (χ1) is 12.5. The summed E-state index contributed by atoms with van der Waals surface area (Å²) in [7, 11) is 1.25. The Morgan fingerprint density at radius 2 is 2.12 bits per heavy atom. The molecule has 3 N–H and O–H groups in total. The molecular weight excluding hydrogens is 358 g/mol. The van der Waals surface area contributed by atoms with Crippen LogP contribution in [-0.2, 0) is 4.74 Å². The molecular formula is C17H16ClN5O3. The molecule has 2 amide bonds. The van der Waals surface area contributed by atoms with Crippen molar-refractivity contribution >= 4 is 35.1 Å². The number of carbonyl (C=O) groups is 2. The largest absolute Gasteiger partial charge is 0.465 e. The van der Waals surface area contributed by atoms with Crippen LogP contribution in [0.5, 0.6) is 0 Å². The van der Waals surface area contributed by atoms with E-state index in [2.05, 4.69) is 25.7 Å². The molecule has 1 heterocycles. The van der Waals surface area contributed by atoms with Gasteiger partial charge in [-0.05, 0) is 30.3 Å². The van der Waals surface area contributed by atoms with Crippen molar-refractivity contribution in [3.05, 3.63) is 52.7 Å². The third-order valence-electron chi connectivity index (χ3n) is 3.26. The molecule has 0 fully saturated rings. The molecule has 2 rings (SSSR count). The highest BCUT2D eigenvalue weighted by Crippen LogP contribution is 2.21. The molecule has 9 heteroatoms. The van der Waals surface area contributed by atoms with E-state index in [4.69, 9.17) is 16.9 Å². The van der Waals surface area contributed by atoms with Gasteiger partial charge in [0.2, 0.25) is 0 Å². The van der Waals surface area contributed by atoms with Gasteiger partial charge < -0.3 is 20.7 Å². The average Bonchev–Trinajstić information content (AvgIpc) is 2.66. The average molecular weight is 374 g/mol. The molecule has 1 aromatic carbocycles. The van der Waals surface area contributed by atoms with E-state index in [1.165, 1.54) is 19.2 Å². The minimum absolute atomic E-state index is 0.160. The van der Waals surface area contributed by atoms with Gasteiger partial charge in [-0.3, -0.25) is 0 Å². The summed E-state index contributed by atoms with van der Waals surface area (Å²) in [4.78, 5) is 27.6. The smallest absolute Gasteiger partial charge is 0.339 e. The number of nitrogens with zero attached hydrogens (tertiary/aromatic N) is 2. The summed E-state index contributed by atoms with van der Waals surface area (Å²) in [6.07, 6.45) is 1.57. The molecule has 26 heavy (non-hydrogen) atoms. The number of benzene rings is 1. The van der Waals surface area contributed by atoms with E-state index in [9.17, 15) is 9.59 Å². The predicted octanol–water partition coefficient (Wildman–Crippen LogP) is 2.63. The summed E-state index contributed by atoms with van der Waals surface area (Å²) >= 11 is 5.93. The number of carbonyl (C=O) groups excluding carboxylic acids is 2. The van der Waals surface area contributed by atoms with Gasteiger partial charge in [-0.1, -0.05) is 11.6 Å². The fourth-order valence-electron chi connectivity index (χ4n) is 2.04. The third kappa shape index (κ3) is 5.09. The molecule has 0 aliphatic rings. The Hall–Kier alpha value is -3.31. The van der Waals surface area contributed by atoms with Crippen LogP contribution < -0.4 is 16.0 Å². The van der Waals surface area contributed by atoms with Gasteiger partial charge in [0.1, 0.15) is 11.9 Å². The fraction of sp³-hybridized carbons (Fsp3) is 0.176. The van der Waals surface area contributed by atoms with E-state index in [0.29, 0.717) is 30.2 Å². The zero-order valence-corrected chi connectivity index (χ0v) is 14.6. The summed E-state index contributed by atoms with van der Waals surface area (Å²) in [5.74, 6) is -0.135. The highest BCUT2D eigenvalue weighted by Gasteiger charge is 2.12. The van der Waals surface area contributed by atoms with Gasteiger partial charge in [0, 0.05) is 25.0 Å². The maximum Gasteiger partial charge on any atom is 0.339 e. The van der Waals surface area contributed by atoms with Gasteiger partial charge >= 0.3 is 12.0 Å². The quantitative estimate of drug-likeness (QED) is 0.529. The van der Waals surface area contributed by atoms with Crippen molar-refractivity contribution in [2.24, 2.45) is 0 Å². The highest BCUT2D eigenvalue weighted by molar-refractivity contribution is 6.33. The minimum Gasteiger partial charge on any atom is -0.465 e. The van der Waals surface area contributed by atoms with E-state index in [-0.39, 0.29) is 10.6 Å². The molecule has 0 aliphatic heterocycles. The second-order valence-corrected chi connectivity index (χ2v) is 5.41. The first-order valence-corrected chi connectivity index (χ1v) is 7.94. The summed E-state index contributed by atoms with van der Waals surface area (Å²) in [5.41, 5.74) is 0.984. The number of pyridine rings is 1. The van der Waals surface area contributed by atoms with Crippen LogP contribution >= 0.6 is 11.6 Å².